The van der Waals surface area contributed by atoms with E-state index < -0.39 is 17.7 Å². The summed E-state index contributed by atoms with van der Waals surface area (Å²) in [4.78, 5) is 0. The highest BCUT2D eigenvalue weighted by Crippen LogP contribution is 2.32. The summed E-state index contributed by atoms with van der Waals surface area (Å²) in [6.45, 7) is 2.69. The van der Waals surface area contributed by atoms with Crippen LogP contribution in [-0.4, -0.2) is 6.54 Å². The minimum atomic E-state index is -0.465. The molecule has 0 saturated heterocycles. The second-order valence-corrected chi connectivity index (χ2v) is 6.01. The van der Waals surface area contributed by atoms with Gasteiger partial charge < -0.3 is 5.32 Å². The molecule has 5 heteroatoms. The standard InChI is InChI=1S/C16H15BrClF2N/c1-2-7-21-16(12-8-10(18)3-5-14(12)17)13-9-11(19)4-6-15(13)20/h3-6,8-9,16,21H,2,7H2,1H3. The molecule has 1 atom stereocenters. The van der Waals surface area contributed by atoms with Gasteiger partial charge in [0, 0.05) is 15.1 Å². The Morgan fingerprint density at radius 2 is 1.90 bits per heavy atom. The molecule has 0 fully saturated rings. The van der Waals surface area contributed by atoms with Crippen molar-refractivity contribution in [2.45, 2.75) is 19.4 Å². The SMILES string of the molecule is CCCNC(c1cc(F)ccc1F)c1cc(Cl)ccc1Br. The maximum Gasteiger partial charge on any atom is 0.128 e. The van der Waals surface area contributed by atoms with Crippen LogP contribution in [0.1, 0.15) is 30.5 Å². The minimum Gasteiger partial charge on any atom is -0.306 e. The lowest BCUT2D eigenvalue weighted by molar-refractivity contribution is 0.534. The molecular weight excluding hydrogens is 360 g/mol. The van der Waals surface area contributed by atoms with Gasteiger partial charge in [-0.1, -0.05) is 34.5 Å². The average Bonchev–Trinajstić information content (AvgIpc) is 2.46. The van der Waals surface area contributed by atoms with Crippen molar-refractivity contribution in [1.29, 1.82) is 0 Å². The van der Waals surface area contributed by atoms with E-state index in [1.54, 1.807) is 18.2 Å². The maximum absolute atomic E-state index is 14.1. The molecule has 0 aliphatic carbocycles. The molecule has 0 aliphatic rings. The van der Waals surface area contributed by atoms with Gasteiger partial charge in [0.25, 0.3) is 0 Å². The van der Waals surface area contributed by atoms with Crippen molar-refractivity contribution in [2.75, 3.05) is 6.54 Å². The van der Waals surface area contributed by atoms with E-state index in [4.69, 9.17) is 11.6 Å². The Hall–Kier alpha value is -0.970. The van der Waals surface area contributed by atoms with Crippen LogP contribution in [0, 0.1) is 11.6 Å². The van der Waals surface area contributed by atoms with E-state index in [1.807, 2.05) is 6.92 Å². The van der Waals surface area contributed by atoms with Crippen molar-refractivity contribution >= 4 is 27.5 Å². The number of hydrogen-bond acceptors (Lipinski definition) is 1. The third-order valence-corrected chi connectivity index (χ3v) is 4.09. The van der Waals surface area contributed by atoms with E-state index in [-0.39, 0.29) is 5.56 Å². The number of nitrogens with one attached hydrogen (secondary N) is 1. The lowest BCUT2D eigenvalue weighted by atomic mass is 9.98. The van der Waals surface area contributed by atoms with Crippen LogP contribution in [0.15, 0.2) is 40.9 Å². The number of rotatable bonds is 5. The summed E-state index contributed by atoms with van der Waals surface area (Å²) in [7, 11) is 0. The Kier molecular flexibility index (Phi) is 5.73. The van der Waals surface area contributed by atoms with Gasteiger partial charge in [0.15, 0.2) is 0 Å². The maximum atomic E-state index is 14.1. The van der Waals surface area contributed by atoms with Gasteiger partial charge in [0.1, 0.15) is 11.6 Å². The van der Waals surface area contributed by atoms with Crippen LogP contribution in [0.5, 0.6) is 0 Å². The Labute approximate surface area is 136 Å². The average molecular weight is 375 g/mol. The van der Waals surface area contributed by atoms with Crippen LogP contribution < -0.4 is 5.32 Å². The Balaban J connectivity index is 2.52. The predicted octanol–water partition coefficient (Wildman–Crippen LogP) is 5.47. The molecule has 112 valence electrons. The highest BCUT2D eigenvalue weighted by molar-refractivity contribution is 9.10. The third kappa shape index (κ3) is 4.02. The van der Waals surface area contributed by atoms with Gasteiger partial charge in [-0.2, -0.15) is 0 Å². The lowest BCUT2D eigenvalue weighted by Gasteiger charge is -2.21. The fourth-order valence-corrected chi connectivity index (χ4v) is 2.80. The highest BCUT2D eigenvalue weighted by atomic mass is 79.9. The van der Waals surface area contributed by atoms with Gasteiger partial charge in [-0.15, -0.1) is 0 Å². The second-order valence-electron chi connectivity index (χ2n) is 4.72. The molecule has 2 aromatic carbocycles. The highest BCUT2D eigenvalue weighted by Gasteiger charge is 2.20. The summed E-state index contributed by atoms with van der Waals surface area (Å²) in [6, 6.07) is 8.31. The number of benzene rings is 2. The van der Waals surface area contributed by atoms with Crippen LogP contribution >= 0.6 is 27.5 Å². The summed E-state index contributed by atoms with van der Waals surface area (Å²) < 4.78 is 28.4. The minimum absolute atomic E-state index is 0.270. The quantitative estimate of drug-likeness (QED) is 0.732. The monoisotopic (exact) mass is 373 g/mol. The molecule has 1 nitrogen and oxygen atoms in total. The van der Waals surface area contributed by atoms with Crippen molar-refractivity contribution in [3.63, 3.8) is 0 Å². The van der Waals surface area contributed by atoms with Crippen molar-refractivity contribution in [2.24, 2.45) is 0 Å². The summed E-state index contributed by atoms with van der Waals surface area (Å²) in [5.74, 6) is -0.912. The van der Waals surface area contributed by atoms with Crippen LogP contribution in [0.3, 0.4) is 0 Å². The van der Waals surface area contributed by atoms with Gasteiger partial charge in [0.2, 0.25) is 0 Å². The second kappa shape index (κ2) is 7.34. The van der Waals surface area contributed by atoms with E-state index in [9.17, 15) is 8.78 Å². The van der Waals surface area contributed by atoms with Crippen molar-refractivity contribution in [3.8, 4) is 0 Å². The lowest BCUT2D eigenvalue weighted by Crippen LogP contribution is -2.24. The Bertz CT molecular complexity index is 582. The molecule has 2 aromatic rings. The fraction of sp³-hybridized carbons (Fsp3) is 0.250. The molecule has 2 rings (SSSR count). The van der Waals surface area contributed by atoms with E-state index in [0.717, 1.165) is 28.6 Å². The molecule has 21 heavy (non-hydrogen) atoms. The molecule has 1 unspecified atom stereocenters. The third-order valence-electron chi connectivity index (χ3n) is 3.14. The predicted molar refractivity (Wildman–Crippen MR) is 85.6 cm³/mol. The van der Waals surface area contributed by atoms with Crippen molar-refractivity contribution in [3.05, 3.63) is 68.7 Å². The van der Waals surface area contributed by atoms with Crippen molar-refractivity contribution in [1.82, 2.24) is 5.32 Å². The molecule has 0 saturated carbocycles. The summed E-state index contributed by atoms with van der Waals surface area (Å²) in [5, 5.41) is 3.79. The zero-order chi connectivity index (χ0) is 15.4. The van der Waals surface area contributed by atoms with Gasteiger partial charge in [0.05, 0.1) is 6.04 Å². The molecule has 1 N–H and O–H groups in total. The fourth-order valence-electron chi connectivity index (χ4n) is 2.15. The summed E-state index contributed by atoms with van der Waals surface area (Å²) >= 11 is 9.49. The first-order chi connectivity index (χ1) is 10.0. The zero-order valence-corrected chi connectivity index (χ0v) is 13.8. The van der Waals surface area contributed by atoms with Crippen LogP contribution in [0.2, 0.25) is 5.02 Å². The summed E-state index contributed by atoms with van der Waals surface area (Å²) in [5.41, 5.74) is 1.05. The van der Waals surface area contributed by atoms with Crippen molar-refractivity contribution < 1.29 is 8.78 Å². The molecule has 0 aliphatic heterocycles. The van der Waals surface area contributed by atoms with E-state index >= 15 is 0 Å². The van der Waals surface area contributed by atoms with E-state index in [1.165, 1.54) is 6.07 Å². The first-order valence-electron chi connectivity index (χ1n) is 6.66. The largest absolute Gasteiger partial charge is 0.306 e. The Morgan fingerprint density at radius 1 is 1.14 bits per heavy atom. The smallest absolute Gasteiger partial charge is 0.128 e. The van der Waals surface area contributed by atoms with E-state index in [2.05, 4.69) is 21.2 Å². The molecule has 0 heterocycles. The molecule has 0 aromatic heterocycles. The molecule has 0 spiro atoms. The van der Waals surface area contributed by atoms with Crippen LogP contribution in [0.4, 0.5) is 8.78 Å². The molecule has 0 radical (unpaired) electrons. The topological polar surface area (TPSA) is 12.0 Å². The first kappa shape index (κ1) is 16.4. The molecule has 0 amide bonds. The molecular formula is C16H15BrClF2N. The summed E-state index contributed by atoms with van der Waals surface area (Å²) in [6.07, 6.45) is 0.881. The normalized spacial score (nSPS) is 12.4. The van der Waals surface area contributed by atoms with Gasteiger partial charge in [-0.25, -0.2) is 8.78 Å². The number of halogens is 4. The van der Waals surface area contributed by atoms with E-state index in [0.29, 0.717) is 11.6 Å². The molecule has 0 bridgehead atoms. The van der Waals surface area contributed by atoms with Crippen LogP contribution in [0.25, 0.3) is 0 Å². The van der Waals surface area contributed by atoms with Gasteiger partial charge >= 0.3 is 0 Å². The zero-order valence-electron chi connectivity index (χ0n) is 11.5. The number of hydrogen-bond donors (Lipinski definition) is 1. The van der Waals surface area contributed by atoms with Gasteiger partial charge in [-0.3, -0.25) is 0 Å². The Morgan fingerprint density at radius 3 is 2.62 bits per heavy atom. The first-order valence-corrected chi connectivity index (χ1v) is 7.83. The van der Waals surface area contributed by atoms with Gasteiger partial charge in [-0.05, 0) is 54.9 Å². The van der Waals surface area contributed by atoms with Crippen LogP contribution in [-0.2, 0) is 0 Å².